The Morgan fingerprint density at radius 1 is 1.24 bits per heavy atom. The fourth-order valence-electron chi connectivity index (χ4n) is 3.26. The van der Waals surface area contributed by atoms with E-state index in [-0.39, 0.29) is 12.1 Å². The van der Waals surface area contributed by atoms with Gasteiger partial charge in [-0.2, -0.15) is 0 Å². The van der Waals surface area contributed by atoms with Crippen LogP contribution in [0.3, 0.4) is 0 Å². The summed E-state index contributed by atoms with van der Waals surface area (Å²) in [5.41, 5.74) is 0. The Labute approximate surface area is 124 Å². The van der Waals surface area contributed by atoms with Gasteiger partial charge >= 0.3 is 6.03 Å². The van der Waals surface area contributed by atoms with Crippen LogP contribution in [0.15, 0.2) is 0 Å². The van der Waals surface area contributed by atoms with Crippen molar-refractivity contribution in [1.82, 2.24) is 30.8 Å². The molecule has 0 spiro atoms. The Hall–Kier alpha value is -1.66. The first-order valence-corrected chi connectivity index (χ1v) is 7.96. The average Bonchev–Trinajstić information content (AvgIpc) is 3.19. The normalized spacial score (nSPS) is 26.6. The Morgan fingerprint density at radius 2 is 1.95 bits per heavy atom. The van der Waals surface area contributed by atoms with Crippen LogP contribution in [-0.2, 0) is 6.54 Å². The average molecular weight is 292 g/mol. The van der Waals surface area contributed by atoms with Gasteiger partial charge in [-0.25, -0.2) is 9.48 Å². The van der Waals surface area contributed by atoms with Crippen LogP contribution in [0.4, 0.5) is 4.79 Å². The summed E-state index contributed by atoms with van der Waals surface area (Å²) in [4.78, 5) is 12.1. The number of rotatable bonds is 4. The van der Waals surface area contributed by atoms with E-state index in [9.17, 15) is 4.79 Å². The molecule has 2 N–H and O–H groups in total. The molecule has 3 rings (SSSR count). The molecule has 2 saturated carbocycles. The van der Waals surface area contributed by atoms with Crippen molar-refractivity contribution < 1.29 is 4.79 Å². The molecule has 0 radical (unpaired) electrons. The summed E-state index contributed by atoms with van der Waals surface area (Å²) in [5.74, 6) is 1.81. The van der Waals surface area contributed by atoms with E-state index >= 15 is 0 Å². The molecule has 0 saturated heterocycles. The van der Waals surface area contributed by atoms with Gasteiger partial charge in [0.25, 0.3) is 0 Å². The minimum atomic E-state index is -0.119. The molecule has 21 heavy (non-hydrogen) atoms. The van der Waals surface area contributed by atoms with E-state index in [0.717, 1.165) is 18.7 Å². The van der Waals surface area contributed by atoms with Crippen molar-refractivity contribution in [3.8, 4) is 0 Å². The Morgan fingerprint density at radius 3 is 2.62 bits per heavy atom. The maximum absolute atomic E-state index is 12.1. The maximum atomic E-state index is 12.1. The summed E-state index contributed by atoms with van der Waals surface area (Å²) >= 11 is 0. The molecule has 1 aromatic heterocycles. The Kier molecular flexibility index (Phi) is 4.07. The SMILES string of the molecule is C[C@@H]1CCC[C@@H](C)C1NC(=O)NCc1nnnn1C1CC1. The van der Waals surface area contributed by atoms with Crippen LogP contribution >= 0.6 is 0 Å². The fourth-order valence-corrected chi connectivity index (χ4v) is 3.26. The second-order valence-corrected chi connectivity index (χ2v) is 6.51. The summed E-state index contributed by atoms with van der Waals surface area (Å²) in [5, 5.41) is 17.7. The quantitative estimate of drug-likeness (QED) is 0.883. The van der Waals surface area contributed by atoms with Crippen molar-refractivity contribution in [3.63, 3.8) is 0 Å². The third-order valence-electron chi connectivity index (χ3n) is 4.70. The summed E-state index contributed by atoms with van der Waals surface area (Å²) in [7, 11) is 0. The number of urea groups is 1. The van der Waals surface area contributed by atoms with E-state index in [2.05, 4.69) is 40.0 Å². The summed E-state index contributed by atoms with van der Waals surface area (Å²) in [6, 6.07) is 0.572. The van der Waals surface area contributed by atoms with Crippen LogP contribution in [0.1, 0.15) is 57.8 Å². The van der Waals surface area contributed by atoms with Gasteiger partial charge in [0, 0.05) is 6.04 Å². The number of carbonyl (C=O) groups is 1. The van der Waals surface area contributed by atoms with Crippen molar-refractivity contribution in [1.29, 1.82) is 0 Å². The summed E-state index contributed by atoms with van der Waals surface area (Å²) < 4.78 is 1.83. The molecule has 0 aromatic carbocycles. The lowest BCUT2D eigenvalue weighted by Crippen LogP contribution is -2.49. The minimum absolute atomic E-state index is 0.119. The molecule has 116 valence electrons. The van der Waals surface area contributed by atoms with E-state index in [0.29, 0.717) is 24.4 Å². The molecule has 0 aliphatic heterocycles. The molecule has 1 aromatic rings. The topological polar surface area (TPSA) is 84.7 Å². The number of aromatic nitrogens is 4. The molecule has 7 nitrogen and oxygen atoms in total. The number of nitrogens with one attached hydrogen (secondary N) is 2. The zero-order chi connectivity index (χ0) is 14.8. The maximum Gasteiger partial charge on any atom is 0.315 e. The van der Waals surface area contributed by atoms with E-state index < -0.39 is 0 Å². The van der Waals surface area contributed by atoms with Crippen molar-refractivity contribution in [2.75, 3.05) is 0 Å². The minimum Gasteiger partial charge on any atom is -0.335 e. The molecule has 2 aliphatic rings. The third kappa shape index (κ3) is 3.33. The summed E-state index contributed by atoms with van der Waals surface area (Å²) in [6.07, 6.45) is 5.89. The van der Waals surface area contributed by atoms with Gasteiger partial charge in [0.15, 0.2) is 5.82 Å². The van der Waals surface area contributed by atoms with Gasteiger partial charge in [-0.3, -0.25) is 0 Å². The first kappa shape index (κ1) is 14.3. The monoisotopic (exact) mass is 292 g/mol. The second kappa shape index (κ2) is 5.99. The lowest BCUT2D eigenvalue weighted by Gasteiger charge is -2.35. The third-order valence-corrected chi connectivity index (χ3v) is 4.70. The van der Waals surface area contributed by atoms with Crippen LogP contribution in [-0.4, -0.2) is 32.3 Å². The Balaban J connectivity index is 1.50. The molecular formula is C14H24N6O. The van der Waals surface area contributed by atoms with Gasteiger partial charge in [-0.1, -0.05) is 20.3 Å². The van der Waals surface area contributed by atoms with Gasteiger partial charge in [0.05, 0.1) is 12.6 Å². The van der Waals surface area contributed by atoms with E-state index in [1.54, 1.807) is 0 Å². The van der Waals surface area contributed by atoms with Crippen LogP contribution in [0.2, 0.25) is 0 Å². The number of carbonyl (C=O) groups excluding carboxylic acids is 1. The second-order valence-electron chi connectivity index (χ2n) is 6.51. The summed E-state index contributed by atoms with van der Waals surface area (Å²) in [6.45, 7) is 4.81. The van der Waals surface area contributed by atoms with E-state index in [4.69, 9.17) is 0 Å². The van der Waals surface area contributed by atoms with Crippen LogP contribution in [0.25, 0.3) is 0 Å². The highest BCUT2D eigenvalue weighted by atomic mass is 16.2. The zero-order valence-electron chi connectivity index (χ0n) is 12.7. The van der Waals surface area contributed by atoms with E-state index in [1.165, 1.54) is 19.3 Å². The molecule has 0 bridgehead atoms. The smallest absolute Gasteiger partial charge is 0.315 e. The number of tetrazole rings is 1. The highest BCUT2D eigenvalue weighted by molar-refractivity contribution is 5.74. The number of amides is 2. The number of hydrogen-bond donors (Lipinski definition) is 2. The molecule has 2 atom stereocenters. The lowest BCUT2D eigenvalue weighted by atomic mass is 9.79. The van der Waals surface area contributed by atoms with Gasteiger partial charge in [-0.15, -0.1) is 5.10 Å². The molecule has 1 heterocycles. The molecular weight excluding hydrogens is 268 g/mol. The molecule has 2 fully saturated rings. The van der Waals surface area contributed by atoms with Gasteiger partial charge in [0.1, 0.15) is 0 Å². The van der Waals surface area contributed by atoms with Gasteiger partial charge in [0.2, 0.25) is 0 Å². The van der Waals surface area contributed by atoms with Gasteiger partial charge in [-0.05, 0) is 47.9 Å². The predicted octanol–water partition coefficient (Wildman–Crippen LogP) is 1.63. The van der Waals surface area contributed by atoms with Crippen LogP contribution in [0, 0.1) is 11.8 Å². The van der Waals surface area contributed by atoms with Gasteiger partial charge < -0.3 is 10.6 Å². The highest BCUT2D eigenvalue weighted by Gasteiger charge is 2.30. The van der Waals surface area contributed by atoms with Crippen LogP contribution in [0.5, 0.6) is 0 Å². The standard InChI is InChI=1S/C14H24N6O/c1-9-4-3-5-10(2)13(9)16-14(21)15-8-12-17-18-19-20(12)11-6-7-11/h9-11,13H,3-8H2,1-2H3,(H2,15,16,21)/t9-,10-/m1/s1. The van der Waals surface area contributed by atoms with E-state index in [1.807, 2.05) is 4.68 Å². The first-order valence-electron chi connectivity index (χ1n) is 7.96. The molecule has 2 amide bonds. The van der Waals surface area contributed by atoms with Crippen molar-refractivity contribution in [3.05, 3.63) is 5.82 Å². The van der Waals surface area contributed by atoms with Crippen LogP contribution < -0.4 is 10.6 Å². The fraction of sp³-hybridized carbons (Fsp3) is 0.857. The van der Waals surface area contributed by atoms with Crippen molar-refractivity contribution >= 4 is 6.03 Å². The molecule has 7 heteroatoms. The zero-order valence-corrected chi connectivity index (χ0v) is 12.7. The predicted molar refractivity (Wildman–Crippen MR) is 77.4 cm³/mol. The Bertz CT molecular complexity index is 487. The number of nitrogens with zero attached hydrogens (tertiary/aromatic N) is 4. The molecule has 2 aliphatic carbocycles. The lowest BCUT2D eigenvalue weighted by molar-refractivity contribution is 0.194. The first-order chi connectivity index (χ1) is 10.1. The van der Waals surface area contributed by atoms with Crippen molar-refractivity contribution in [2.45, 2.75) is 64.6 Å². The van der Waals surface area contributed by atoms with Crippen molar-refractivity contribution in [2.24, 2.45) is 11.8 Å². The highest BCUT2D eigenvalue weighted by Crippen LogP contribution is 2.34. The molecule has 0 unspecified atom stereocenters. The number of hydrogen-bond acceptors (Lipinski definition) is 4. The largest absolute Gasteiger partial charge is 0.335 e.